The molecule has 0 N–H and O–H groups in total. The van der Waals surface area contributed by atoms with Gasteiger partial charge in [-0.05, 0) is 23.6 Å². The van der Waals surface area contributed by atoms with Gasteiger partial charge in [0, 0.05) is 36.5 Å². The van der Waals surface area contributed by atoms with Crippen LogP contribution >= 0.6 is 11.3 Å². The normalized spacial score (nSPS) is 12.8. The number of hydrogen-bond acceptors (Lipinski definition) is 2. The Morgan fingerprint density at radius 2 is 1.50 bits per heavy atom. The molecule has 0 spiro atoms. The number of fused-ring (bicyclic) bond motifs is 6. The van der Waals surface area contributed by atoms with E-state index in [-0.39, 0.29) is 5.41 Å². The summed E-state index contributed by atoms with van der Waals surface area (Å²) in [7, 11) is 0. The van der Waals surface area contributed by atoms with Crippen LogP contribution in [0.3, 0.4) is 0 Å². The molecule has 0 aliphatic heterocycles. The molecule has 0 fully saturated rings. The van der Waals surface area contributed by atoms with E-state index in [4.69, 9.17) is 4.42 Å². The molecule has 0 bridgehead atoms. The maximum absolute atomic E-state index is 6.32. The standard InChI is InChI=1S/C22H18OS/c1-22(2,3)19-20-15(13-8-4-6-10-17(13)23-20)12-16-14-9-5-7-11-18(14)24-21(16)19/h4-12H,1-3H3. The Balaban J connectivity index is 2.12. The predicted octanol–water partition coefficient (Wildman–Crippen LogP) is 7.25. The number of para-hydroxylation sites is 1. The van der Waals surface area contributed by atoms with Crippen molar-refractivity contribution >= 4 is 53.4 Å². The molecule has 3 aromatic carbocycles. The van der Waals surface area contributed by atoms with Crippen LogP contribution < -0.4 is 0 Å². The predicted molar refractivity (Wildman–Crippen MR) is 105 cm³/mol. The molecule has 0 radical (unpaired) electrons. The highest BCUT2D eigenvalue weighted by Gasteiger charge is 2.26. The third-order valence-electron chi connectivity index (χ3n) is 4.76. The van der Waals surface area contributed by atoms with Crippen molar-refractivity contribution in [2.75, 3.05) is 0 Å². The van der Waals surface area contributed by atoms with Gasteiger partial charge in [0.05, 0.1) is 0 Å². The lowest BCUT2D eigenvalue weighted by molar-refractivity contribution is 0.578. The number of furan rings is 1. The quantitative estimate of drug-likeness (QED) is 0.291. The summed E-state index contributed by atoms with van der Waals surface area (Å²) in [6.45, 7) is 6.83. The van der Waals surface area contributed by atoms with Crippen LogP contribution in [-0.4, -0.2) is 0 Å². The Labute approximate surface area is 144 Å². The summed E-state index contributed by atoms with van der Waals surface area (Å²) in [6.07, 6.45) is 0. The van der Waals surface area contributed by atoms with Crippen molar-refractivity contribution in [2.45, 2.75) is 26.2 Å². The van der Waals surface area contributed by atoms with Crippen LogP contribution in [0.15, 0.2) is 59.0 Å². The van der Waals surface area contributed by atoms with Gasteiger partial charge in [0.25, 0.3) is 0 Å². The van der Waals surface area contributed by atoms with Gasteiger partial charge < -0.3 is 4.42 Å². The molecule has 5 aromatic rings. The molecular formula is C22H18OS. The van der Waals surface area contributed by atoms with E-state index in [1.807, 2.05) is 17.4 Å². The van der Waals surface area contributed by atoms with Crippen LogP contribution in [0.5, 0.6) is 0 Å². The fraction of sp³-hybridized carbons (Fsp3) is 0.182. The van der Waals surface area contributed by atoms with Gasteiger partial charge in [-0.15, -0.1) is 11.3 Å². The van der Waals surface area contributed by atoms with Gasteiger partial charge in [-0.3, -0.25) is 0 Å². The van der Waals surface area contributed by atoms with Gasteiger partial charge >= 0.3 is 0 Å². The molecule has 0 atom stereocenters. The van der Waals surface area contributed by atoms with Crippen LogP contribution in [0, 0.1) is 0 Å². The minimum Gasteiger partial charge on any atom is -0.456 e. The summed E-state index contributed by atoms with van der Waals surface area (Å²) in [5.41, 5.74) is 3.36. The van der Waals surface area contributed by atoms with Crippen molar-refractivity contribution in [1.29, 1.82) is 0 Å². The van der Waals surface area contributed by atoms with Gasteiger partial charge in [0.1, 0.15) is 11.2 Å². The van der Waals surface area contributed by atoms with Crippen molar-refractivity contribution in [3.05, 3.63) is 60.2 Å². The Morgan fingerprint density at radius 3 is 2.29 bits per heavy atom. The van der Waals surface area contributed by atoms with Crippen molar-refractivity contribution in [2.24, 2.45) is 0 Å². The van der Waals surface area contributed by atoms with E-state index in [2.05, 4.69) is 69.3 Å². The maximum atomic E-state index is 6.32. The van der Waals surface area contributed by atoms with Crippen molar-refractivity contribution in [3.8, 4) is 0 Å². The molecule has 0 aliphatic carbocycles. The van der Waals surface area contributed by atoms with Gasteiger partial charge in [0.15, 0.2) is 0 Å². The SMILES string of the molecule is CC(C)(C)c1c2oc3ccccc3c2cc2c1sc1ccccc12. The number of thiophene rings is 1. The molecule has 0 saturated carbocycles. The molecule has 0 aliphatic rings. The molecular weight excluding hydrogens is 312 g/mol. The third-order valence-corrected chi connectivity index (χ3v) is 5.96. The lowest BCUT2D eigenvalue weighted by atomic mass is 9.85. The molecule has 0 amide bonds. The summed E-state index contributed by atoms with van der Waals surface area (Å²) in [5, 5.41) is 5.12. The Hall–Kier alpha value is -2.32. The molecule has 0 saturated heterocycles. The first-order valence-electron chi connectivity index (χ1n) is 8.30. The van der Waals surface area contributed by atoms with E-state index in [1.54, 1.807) is 0 Å². The van der Waals surface area contributed by atoms with Crippen LogP contribution in [0.4, 0.5) is 0 Å². The zero-order valence-corrected chi connectivity index (χ0v) is 14.8. The Kier molecular flexibility index (Phi) is 2.70. The monoisotopic (exact) mass is 330 g/mol. The van der Waals surface area contributed by atoms with E-state index >= 15 is 0 Å². The maximum Gasteiger partial charge on any atom is 0.140 e. The third kappa shape index (κ3) is 1.81. The highest BCUT2D eigenvalue weighted by molar-refractivity contribution is 7.26. The average Bonchev–Trinajstić information content (AvgIpc) is 3.09. The summed E-state index contributed by atoms with van der Waals surface area (Å²) in [5.74, 6) is 0. The van der Waals surface area contributed by atoms with E-state index in [0.717, 1.165) is 11.2 Å². The Bertz CT molecular complexity index is 1140. The van der Waals surface area contributed by atoms with Gasteiger partial charge in [-0.25, -0.2) is 0 Å². The lowest BCUT2D eigenvalue weighted by Gasteiger charge is -2.20. The molecule has 24 heavy (non-hydrogen) atoms. The lowest BCUT2D eigenvalue weighted by Crippen LogP contribution is -2.11. The molecule has 2 heterocycles. The topological polar surface area (TPSA) is 13.1 Å². The highest BCUT2D eigenvalue weighted by atomic mass is 32.1. The average molecular weight is 330 g/mol. The van der Waals surface area contributed by atoms with Gasteiger partial charge in [-0.1, -0.05) is 57.2 Å². The molecule has 1 nitrogen and oxygen atoms in total. The minimum atomic E-state index is 0.0203. The highest BCUT2D eigenvalue weighted by Crippen LogP contribution is 2.46. The second-order valence-electron chi connectivity index (χ2n) is 7.45. The fourth-order valence-corrected chi connectivity index (χ4v) is 5.15. The summed E-state index contributed by atoms with van der Waals surface area (Å²) in [4.78, 5) is 0. The van der Waals surface area contributed by atoms with E-state index in [1.165, 1.54) is 36.5 Å². The van der Waals surface area contributed by atoms with Crippen LogP contribution in [0.1, 0.15) is 26.3 Å². The number of benzene rings is 3. The first kappa shape index (κ1) is 14.1. The first-order valence-corrected chi connectivity index (χ1v) is 9.12. The molecule has 2 aromatic heterocycles. The van der Waals surface area contributed by atoms with E-state index in [0.29, 0.717) is 0 Å². The molecule has 118 valence electrons. The first-order chi connectivity index (χ1) is 11.5. The molecule has 2 heteroatoms. The van der Waals surface area contributed by atoms with Crippen molar-refractivity contribution in [3.63, 3.8) is 0 Å². The Morgan fingerprint density at radius 1 is 0.792 bits per heavy atom. The number of rotatable bonds is 0. The van der Waals surface area contributed by atoms with E-state index in [9.17, 15) is 0 Å². The second kappa shape index (κ2) is 4.61. The minimum absolute atomic E-state index is 0.0203. The summed E-state index contributed by atoms with van der Waals surface area (Å²) in [6, 6.07) is 19.4. The zero-order chi connectivity index (χ0) is 16.5. The van der Waals surface area contributed by atoms with Crippen molar-refractivity contribution < 1.29 is 4.42 Å². The van der Waals surface area contributed by atoms with Gasteiger partial charge in [-0.2, -0.15) is 0 Å². The van der Waals surface area contributed by atoms with Crippen LogP contribution in [-0.2, 0) is 5.41 Å². The second-order valence-corrected chi connectivity index (χ2v) is 8.50. The number of hydrogen-bond donors (Lipinski definition) is 0. The fourth-order valence-electron chi connectivity index (χ4n) is 3.72. The smallest absolute Gasteiger partial charge is 0.140 e. The molecule has 5 rings (SSSR count). The largest absolute Gasteiger partial charge is 0.456 e. The summed E-state index contributed by atoms with van der Waals surface area (Å²) >= 11 is 1.88. The molecule has 0 unspecified atom stereocenters. The van der Waals surface area contributed by atoms with Gasteiger partial charge in [0.2, 0.25) is 0 Å². The van der Waals surface area contributed by atoms with Crippen LogP contribution in [0.2, 0.25) is 0 Å². The van der Waals surface area contributed by atoms with Crippen molar-refractivity contribution in [1.82, 2.24) is 0 Å². The summed E-state index contributed by atoms with van der Waals surface area (Å²) < 4.78 is 9.02. The zero-order valence-electron chi connectivity index (χ0n) is 14.0. The van der Waals surface area contributed by atoms with Crippen LogP contribution in [0.25, 0.3) is 42.1 Å². The van der Waals surface area contributed by atoms with E-state index < -0.39 is 0 Å².